The number of hydrogen-bond acceptors (Lipinski definition) is 6. The van der Waals surface area contributed by atoms with Crippen molar-refractivity contribution >= 4 is 11.8 Å². The molecule has 2 atom stereocenters. The summed E-state index contributed by atoms with van der Waals surface area (Å²) < 4.78 is 11.6. The van der Waals surface area contributed by atoms with Crippen LogP contribution in [0.4, 0.5) is 10.5 Å². The number of fused-ring (bicyclic) bond motifs is 2. The summed E-state index contributed by atoms with van der Waals surface area (Å²) in [5.41, 5.74) is 0.753. The first-order valence-electron chi connectivity index (χ1n) is 10.5. The number of nitrogens with zero attached hydrogens (tertiary/aromatic N) is 3. The van der Waals surface area contributed by atoms with E-state index in [0.29, 0.717) is 31.1 Å². The molecule has 3 saturated heterocycles. The van der Waals surface area contributed by atoms with Crippen molar-refractivity contribution in [3.05, 3.63) is 18.3 Å². The largest absolute Gasteiger partial charge is 0.474 e. The number of carbonyl (C=O) groups excluding carboxylic acids is 1. The molecule has 4 rings (SSSR count). The molecule has 0 aromatic carbocycles. The van der Waals surface area contributed by atoms with Crippen LogP contribution in [0.2, 0.25) is 0 Å². The summed E-state index contributed by atoms with van der Waals surface area (Å²) in [5.74, 6) is 0.686. The van der Waals surface area contributed by atoms with Crippen molar-refractivity contribution in [2.45, 2.75) is 70.2 Å². The van der Waals surface area contributed by atoms with E-state index in [1.165, 1.54) is 18.5 Å². The molecule has 1 N–H and O–H groups in total. The molecule has 2 unspecified atom stereocenters. The van der Waals surface area contributed by atoms with Gasteiger partial charge in [-0.15, -0.1) is 0 Å². The molecule has 1 aromatic rings. The van der Waals surface area contributed by atoms with Gasteiger partial charge in [0, 0.05) is 69.1 Å². The highest BCUT2D eigenvalue weighted by Crippen LogP contribution is 2.33. The Morgan fingerprint density at radius 2 is 1.82 bits per heavy atom. The monoisotopic (exact) mass is 388 g/mol. The van der Waals surface area contributed by atoms with Crippen LogP contribution in [0.25, 0.3) is 0 Å². The smallest absolute Gasteiger partial charge is 0.410 e. The van der Waals surface area contributed by atoms with Crippen molar-refractivity contribution in [2.24, 2.45) is 0 Å². The van der Waals surface area contributed by atoms with Crippen LogP contribution in [0.3, 0.4) is 0 Å². The third-order valence-corrected chi connectivity index (χ3v) is 5.78. The van der Waals surface area contributed by atoms with Crippen molar-refractivity contribution in [1.82, 2.24) is 15.2 Å². The van der Waals surface area contributed by atoms with Crippen LogP contribution in [-0.4, -0.2) is 65.9 Å². The maximum absolute atomic E-state index is 12.2. The third-order valence-electron chi connectivity index (χ3n) is 5.78. The highest BCUT2D eigenvalue weighted by molar-refractivity contribution is 5.68. The number of ether oxygens (including phenoxy) is 2. The number of amides is 1. The molecule has 7 heteroatoms. The van der Waals surface area contributed by atoms with Crippen molar-refractivity contribution in [3.63, 3.8) is 0 Å². The number of pyridine rings is 1. The van der Waals surface area contributed by atoms with Gasteiger partial charge in [0.25, 0.3) is 0 Å². The lowest BCUT2D eigenvalue weighted by Gasteiger charge is -2.37. The molecule has 1 amide bonds. The summed E-state index contributed by atoms with van der Waals surface area (Å²) in [5, 5.41) is 3.52. The summed E-state index contributed by atoms with van der Waals surface area (Å²) in [6, 6.07) is 5.32. The van der Waals surface area contributed by atoms with Crippen molar-refractivity contribution in [2.75, 3.05) is 31.1 Å². The lowest BCUT2D eigenvalue weighted by atomic mass is 10.1. The summed E-state index contributed by atoms with van der Waals surface area (Å²) in [4.78, 5) is 20.9. The molecule has 3 aliphatic rings. The minimum atomic E-state index is -0.460. The van der Waals surface area contributed by atoms with Crippen LogP contribution in [0.15, 0.2) is 18.3 Å². The zero-order chi connectivity index (χ0) is 19.7. The number of rotatable bonds is 3. The number of likely N-dealkylation sites (tertiary alicyclic amines) is 1. The Morgan fingerprint density at radius 1 is 1.14 bits per heavy atom. The summed E-state index contributed by atoms with van der Waals surface area (Å²) >= 11 is 0. The molecule has 0 radical (unpaired) electrons. The molecule has 3 aliphatic heterocycles. The van der Waals surface area contributed by atoms with Crippen LogP contribution >= 0.6 is 0 Å². The summed E-state index contributed by atoms with van der Waals surface area (Å²) in [6.45, 7) is 9.09. The first-order valence-corrected chi connectivity index (χ1v) is 10.5. The molecular formula is C21H32N4O3. The number of piperazine rings is 1. The van der Waals surface area contributed by atoms with Crippen LogP contribution < -0.4 is 15.0 Å². The highest BCUT2D eigenvalue weighted by atomic mass is 16.6. The minimum Gasteiger partial charge on any atom is -0.474 e. The number of hydrogen-bond donors (Lipinski definition) is 1. The van der Waals surface area contributed by atoms with E-state index in [-0.39, 0.29) is 12.2 Å². The van der Waals surface area contributed by atoms with E-state index < -0.39 is 5.60 Å². The Bertz CT molecular complexity index is 681. The predicted octanol–water partition coefficient (Wildman–Crippen LogP) is 2.80. The summed E-state index contributed by atoms with van der Waals surface area (Å²) in [6.07, 6.45) is 5.79. The molecule has 154 valence electrons. The second kappa shape index (κ2) is 7.78. The minimum absolute atomic E-state index is 0.0844. The quantitative estimate of drug-likeness (QED) is 0.859. The molecule has 4 heterocycles. The highest BCUT2D eigenvalue weighted by Gasteiger charge is 2.36. The van der Waals surface area contributed by atoms with Gasteiger partial charge in [0.15, 0.2) is 0 Å². The van der Waals surface area contributed by atoms with Crippen LogP contribution in [0, 0.1) is 0 Å². The molecule has 28 heavy (non-hydrogen) atoms. The lowest BCUT2D eigenvalue weighted by molar-refractivity contribution is 0.0123. The van der Waals surface area contributed by atoms with Crippen LogP contribution in [0.1, 0.15) is 46.5 Å². The zero-order valence-electron chi connectivity index (χ0n) is 17.2. The Kier molecular flexibility index (Phi) is 5.36. The van der Waals surface area contributed by atoms with Gasteiger partial charge in [-0.2, -0.15) is 0 Å². The average Bonchev–Trinajstić information content (AvgIpc) is 2.90. The van der Waals surface area contributed by atoms with Gasteiger partial charge in [-0.1, -0.05) is 0 Å². The van der Waals surface area contributed by atoms with Gasteiger partial charge in [-0.25, -0.2) is 9.78 Å². The van der Waals surface area contributed by atoms with E-state index in [0.717, 1.165) is 25.9 Å². The summed E-state index contributed by atoms with van der Waals surface area (Å²) in [7, 11) is 0. The van der Waals surface area contributed by atoms with Gasteiger partial charge in [-0.05, 0) is 39.7 Å². The second-order valence-corrected chi connectivity index (χ2v) is 9.09. The van der Waals surface area contributed by atoms with E-state index in [1.807, 2.05) is 27.0 Å². The first-order chi connectivity index (χ1) is 13.4. The average molecular weight is 389 g/mol. The first kappa shape index (κ1) is 19.3. The van der Waals surface area contributed by atoms with E-state index in [9.17, 15) is 4.79 Å². The van der Waals surface area contributed by atoms with E-state index in [2.05, 4.69) is 27.3 Å². The maximum atomic E-state index is 12.2. The fourth-order valence-corrected chi connectivity index (χ4v) is 4.48. The molecular weight excluding hydrogens is 356 g/mol. The zero-order valence-corrected chi connectivity index (χ0v) is 17.2. The van der Waals surface area contributed by atoms with Crippen molar-refractivity contribution < 1.29 is 14.3 Å². The maximum Gasteiger partial charge on any atom is 0.410 e. The van der Waals surface area contributed by atoms with Gasteiger partial charge in [-0.3, -0.25) is 0 Å². The van der Waals surface area contributed by atoms with Gasteiger partial charge in [0.1, 0.15) is 11.7 Å². The van der Waals surface area contributed by atoms with Gasteiger partial charge < -0.3 is 24.6 Å². The SMILES string of the molecule is CC(C)(C)OC(=O)N1CCC(Oc2cc(N3C4CCC3CNC4)ccn2)CC1. The molecule has 0 saturated carbocycles. The Morgan fingerprint density at radius 3 is 2.46 bits per heavy atom. The number of nitrogens with one attached hydrogen (secondary N) is 1. The fourth-order valence-electron chi connectivity index (χ4n) is 4.48. The van der Waals surface area contributed by atoms with E-state index in [1.54, 1.807) is 4.90 Å². The lowest BCUT2D eigenvalue weighted by Crippen LogP contribution is -2.52. The predicted molar refractivity (Wildman–Crippen MR) is 108 cm³/mol. The Labute approximate surface area is 167 Å². The molecule has 3 fully saturated rings. The van der Waals surface area contributed by atoms with Gasteiger partial charge in [0.05, 0.1) is 0 Å². The third kappa shape index (κ3) is 4.35. The van der Waals surface area contributed by atoms with Crippen molar-refractivity contribution in [3.8, 4) is 5.88 Å². The topological polar surface area (TPSA) is 66.9 Å². The standard InChI is InChI=1S/C21H32N4O3/c1-21(2,3)28-20(26)24-10-7-18(8-11-24)27-19-12-15(6-9-23-19)25-16-4-5-17(25)14-22-13-16/h6,9,12,16-18,22H,4-5,7-8,10-11,13-14H2,1-3H3. The number of anilines is 1. The van der Waals surface area contributed by atoms with E-state index >= 15 is 0 Å². The van der Waals surface area contributed by atoms with Gasteiger partial charge >= 0.3 is 6.09 Å². The van der Waals surface area contributed by atoms with Gasteiger partial charge in [0.2, 0.25) is 5.88 Å². The fraction of sp³-hybridized carbons (Fsp3) is 0.714. The number of carbonyl (C=O) groups is 1. The Balaban J connectivity index is 1.33. The van der Waals surface area contributed by atoms with Crippen LogP contribution in [0.5, 0.6) is 5.88 Å². The Hall–Kier alpha value is -2.02. The van der Waals surface area contributed by atoms with Crippen LogP contribution in [-0.2, 0) is 4.74 Å². The second-order valence-electron chi connectivity index (χ2n) is 9.09. The number of piperidine rings is 1. The van der Waals surface area contributed by atoms with Crippen molar-refractivity contribution in [1.29, 1.82) is 0 Å². The number of aromatic nitrogens is 1. The van der Waals surface area contributed by atoms with E-state index in [4.69, 9.17) is 9.47 Å². The molecule has 0 spiro atoms. The molecule has 7 nitrogen and oxygen atoms in total. The normalized spacial score (nSPS) is 25.7. The molecule has 2 bridgehead atoms. The molecule has 1 aromatic heterocycles. The molecule has 0 aliphatic carbocycles.